The molecule has 0 N–H and O–H groups in total. The Hall–Kier alpha value is -2.58. The van der Waals surface area contributed by atoms with Gasteiger partial charge in [0.05, 0.1) is 19.4 Å². The predicted molar refractivity (Wildman–Crippen MR) is 124 cm³/mol. The molecule has 9 heteroatoms. The van der Waals surface area contributed by atoms with Crippen LogP contribution in [-0.2, 0) is 27.8 Å². The Morgan fingerprint density at radius 3 is 2.73 bits per heavy atom. The second-order valence-corrected chi connectivity index (χ2v) is 9.16. The highest BCUT2D eigenvalue weighted by Gasteiger charge is 2.35. The summed E-state index contributed by atoms with van der Waals surface area (Å²) in [5.41, 5.74) is 1.05. The van der Waals surface area contributed by atoms with Crippen molar-refractivity contribution in [1.29, 1.82) is 0 Å². The van der Waals surface area contributed by atoms with Crippen LogP contribution in [0, 0.1) is 5.92 Å². The van der Waals surface area contributed by atoms with Gasteiger partial charge < -0.3 is 19.3 Å². The maximum absolute atomic E-state index is 13.0. The number of carbonyl (C=O) groups excluding carboxylic acids is 2. The van der Waals surface area contributed by atoms with Crippen LogP contribution in [0.2, 0.25) is 5.02 Å². The summed E-state index contributed by atoms with van der Waals surface area (Å²) in [6, 6.07) is 7.31. The fourth-order valence-electron chi connectivity index (χ4n) is 4.48. The SMILES string of the molecule is Cn1cc(CCC(=O)N2CC[C@H](Oc3cccc(Cl)c3)[C@@H](CC(=O)N3CCOCC3)C2)cn1. The first kappa shape index (κ1) is 23.6. The highest BCUT2D eigenvalue weighted by Crippen LogP contribution is 2.28. The van der Waals surface area contributed by atoms with Crippen LogP contribution >= 0.6 is 11.6 Å². The van der Waals surface area contributed by atoms with E-state index in [1.807, 2.05) is 35.2 Å². The van der Waals surface area contributed by atoms with Gasteiger partial charge in [-0.15, -0.1) is 0 Å². The van der Waals surface area contributed by atoms with E-state index >= 15 is 0 Å². The summed E-state index contributed by atoms with van der Waals surface area (Å²) < 4.78 is 13.4. The summed E-state index contributed by atoms with van der Waals surface area (Å²) in [5, 5.41) is 4.77. The summed E-state index contributed by atoms with van der Waals surface area (Å²) in [5.74, 6) is 0.791. The number of hydrogen-bond acceptors (Lipinski definition) is 5. The largest absolute Gasteiger partial charge is 0.490 e. The smallest absolute Gasteiger partial charge is 0.223 e. The molecule has 0 unspecified atom stereocenters. The number of likely N-dealkylation sites (tertiary alicyclic amines) is 1. The van der Waals surface area contributed by atoms with E-state index < -0.39 is 0 Å². The predicted octanol–water partition coefficient (Wildman–Crippen LogP) is 2.55. The van der Waals surface area contributed by atoms with E-state index in [9.17, 15) is 9.59 Å². The van der Waals surface area contributed by atoms with Gasteiger partial charge in [0, 0.05) is 69.6 Å². The number of aryl methyl sites for hydroxylation is 2. The maximum atomic E-state index is 13.0. The Bertz CT molecular complexity index is 959. The molecule has 2 atom stereocenters. The van der Waals surface area contributed by atoms with E-state index in [-0.39, 0.29) is 23.8 Å². The number of piperidine rings is 1. The molecule has 0 saturated carbocycles. The molecule has 1 aromatic heterocycles. The van der Waals surface area contributed by atoms with Crippen LogP contribution < -0.4 is 4.74 Å². The van der Waals surface area contributed by atoms with E-state index in [0.29, 0.717) is 75.8 Å². The van der Waals surface area contributed by atoms with Crippen LogP contribution in [-0.4, -0.2) is 76.9 Å². The topological polar surface area (TPSA) is 76.9 Å². The zero-order valence-electron chi connectivity index (χ0n) is 19.0. The monoisotopic (exact) mass is 474 g/mol. The number of aromatic nitrogens is 2. The Labute approximate surface area is 199 Å². The molecule has 4 rings (SSSR count). The first-order valence-corrected chi connectivity index (χ1v) is 11.9. The molecule has 178 valence electrons. The van der Waals surface area contributed by atoms with E-state index in [1.165, 1.54) is 0 Å². The molecule has 1 aromatic carbocycles. The van der Waals surface area contributed by atoms with Crippen molar-refractivity contribution < 1.29 is 19.1 Å². The molecular formula is C24H31ClN4O4. The molecule has 0 spiro atoms. The third kappa shape index (κ3) is 6.48. The maximum Gasteiger partial charge on any atom is 0.223 e. The summed E-state index contributed by atoms with van der Waals surface area (Å²) in [6.45, 7) is 3.47. The number of benzene rings is 1. The number of carbonyl (C=O) groups is 2. The molecular weight excluding hydrogens is 444 g/mol. The zero-order valence-corrected chi connectivity index (χ0v) is 19.7. The second kappa shape index (κ2) is 11.0. The van der Waals surface area contributed by atoms with Crippen molar-refractivity contribution in [1.82, 2.24) is 19.6 Å². The van der Waals surface area contributed by atoms with Crippen molar-refractivity contribution in [3.63, 3.8) is 0 Å². The van der Waals surface area contributed by atoms with Gasteiger partial charge in [0.2, 0.25) is 11.8 Å². The summed E-state index contributed by atoms with van der Waals surface area (Å²) in [7, 11) is 1.87. The molecule has 3 heterocycles. The van der Waals surface area contributed by atoms with Crippen LogP contribution in [0.15, 0.2) is 36.7 Å². The first-order chi connectivity index (χ1) is 16.0. The minimum absolute atomic E-state index is 0.0876. The first-order valence-electron chi connectivity index (χ1n) is 11.5. The second-order valence-electron chi connectivity index (χ2n) is 8.72. The normalized spacial score (nSPS) is 21.2. The lowest BCUT2D eigenvalue weighted by atomic mass is 9.90. The van der Waals surface area contributed by atoms with Gasteiger partial charge in [-0.3, -0.25) is 14.3 Å². The number of halogens is 1. The van der Waals surface area contributed by atoms with Crippen LogP contribution in [0.3, 0.4) is 0 Å². The standard InChI is InChI=1S/C24H31ClN4O4/c1-27-16-18(15-26-27)5-6-23(30)29-8-7-22(33-21-4-2-3-20(25)14-21)19(17-29)13-24(31)28-9-11-32-12-10-28/h2-4,14-16,19,22H,5-13,17H2,1H3/t19-,22-/m0/s1. The number of hydrogen-bond donors (Lipinski definition) is 0. The van der Waals surface area contributed by atoms with Crippen molar-refractivity contribution >= 4 is 23.4 Å². The molecule has 8 nitrogen and oxygen atoms in total. The molecule has 2 aromatic rings. The van der Waals surface area contributed by atoms with E-state index in [1.54, 1.807) is 23.0 Å². The fraction of sp³-hybridized carbons (Fsp3) is 0.542. The van der Waals surface area contributed by atoms with E-state index in [4.69, 9.17) is 21.1 Å². The molecule has 2 fully saturated rings. The van der Waals surface area contributed by atoms with Crippen LogP contribution in [0.25, 0.3) is 0 Å². The quantitative estimate of drug-likeness (QED) is 0.616. The third-order valence-corrected chi connectivity index (χ3v) is 6.52. The lowest BCUT2D eigenvalue weighted by Gasteiger charge is -2.39. The Balaban J connectivity index is 1.41. The molecule has 2 aliphatic rings. The Kier molecular flexibility index (Phi) is 7.88. The van der Waals surface area contributed by atoms with Crippen molar-refractivity contribution in [2.24, 2.45) is 13.0 Å². The molecule has 2 saturated heterocycles. The number of rotatable bonds is 7. The molecule has 0 aliphatic carbocycles. The molecule has 2 amide bonds. The van der Waals surface area contributed by atoms with Crippen LogP contribution in [0.5, 0.6) is 5.75 Å². The van der Waals surface area contributed by atoms with Gasteiger partial charge in [0.1, 0.15) is 11.9 Å². The minimum Gasteiger partial charge on any atom is -0.490 e. The van der Waals surface area contributed by atoms with Gasteiger partial charge in [-0.25, -0.2) is 0 Å². The van der Waals surface area contributed by atoms with Gasteiger partial charge >= 0.3 is 0 Å². The molecule has 33 heavy (non-hydrogen) atoms. The van der Waals surface area contributed by atoms with Crippen LogP contribution in [0.4, 0.5) is 0 Å². The highest BCUT2D eigenvalue weighted by atomic mass is 35.5. The number of morpholine rings is 1. The Morgan fingerprint density at radius 2 is 2.00 bits per heavy atom. The average molecular weight is 475 g/mol. The number of ether oxygens (including phenoxy) is 2. The molecule has 2 aliphatic heterocycles. The Morgan fingerprint density at radius 1 is 1.18 bits per heavy atom. The fourth-order valence-corrected chi connectivity index (χ4v) is 4.66. The van der Waals surface area contributed by atoms with Gasteiger partial charge in [-0.05, 0) is 30.2 Å². The lowest BCUT2D eigenvalue weighted by molar-refractivity contribution is -0.141. The summed E-state index contributed by atoms with van der Waals surface area (Å²) >= 11 is 6.12. The zero-order chi connectivity index (χ0) is 23.2. The third-order valence-electron chi connectivity index (χ3n) is 6.29. The van der Waals surface area contributed by atoms with E-state index in [2.05, 4.69) is 5.10 Å². The molecule has 0 bridgehead atoms. The lowest BCUT2D eigenvalue weighted by Crippen LogP contribution is -2.50. The summed E-state index contributed by atoms with van der Waals surface area (Å²) in [6.07, 6.45) is 5.67. The van der Waals surface area contributed by atoms with Crippen molar-refractivity contribution in [3.05, 3.63) is 47.2 Å². The number of amides is 2. The van der Waals surface area contributed by atoms with Crippen molar-refractivity contribution in [2.75, 3.05) is 39.4 Å². The van der Waals surface area contributed by atoms with E-state index in [0.717, 1.165) is 5.56 Å². The van der Waals surface area contributed by atoms with Crippen molar-refractivity contribution in [2.45, 2.75) is 31.8 Å². The van der Waals surface area contributed by atoms with Crippen LogP contribution in [0.1, 0.15) is 24.8 Å². The highest BCUT2D eigenvalue weighted by molar-refractivity contribution is 6.30. The van der Waals surface area contributed by atoms with Gasteiger partial charge in [-0.1, -0.05) is 17.7 Å². The summed E-state index contributed by atoms with van der Waals surface area (Å²) in [4.78, 5) is 29.7. The average Bonchev–Trinajstić information content (AvgIpc) is 3.24. The van der Waals surface area contributed by atoms with Crippen molar-refractivity contribution in [3.8, 4) is 5.75 Å². The minimum atomic E-state index is -0.157. The van der Waals surface area contributed by atoms with Gasteiger partial charge in [-0.2, -0.15) is 5.10 Å². The number of nitrogens with zero attached hydrogens (tertiary/aromatic N) is 4. The molecule has 0 radical (unpaired) electrons. The van der Waals surface area contributed by atoms with Gasteiger partial charge in [0.15, 0.2) is 0 Å². The van der Waals surface area contributed by atoms with Gasteiger partial charge in [0.25, 0.3) is 0 Å².